The molecule has 188 valence electrons. The highest BCUT2D eigenvalue weighted by Crippen LogP contribution is 2.14. The Morgan fingerprint density at radius 3 is 1.78 bits per heavy atom. The van der Waals surface area contributed by atoms with Crippen molar-refractivity contribution in [2.24, 2.45) is 0 Å². The number of carbonyl (C=O) groups excluding carboxylic acids is 2. The molecule has 8 heteroatoms. The molecule has 3 aromatic carbocycles. The van der Waals surface area contributed by atoms with Crippen LogP contribution in [-0.4, -0.2) is 33.5 Å². The maximum atomic E-state index is 11.5. The fourth-order valence-corrected chi connectivity index (χ4v) is 2.83. The summed E-state index contributed by atoms with van der Waals surface area (Å²) in [4.78, 5) is 43.7. The molecule has 0 saturated carbocycles. The molecule has 37 heavy (non-hydrogen) atoms. The average molecular weight is 498 g/mol. The maximum absolute atomic E-state index is 11.5. The Morgan fingerprint density at radius 2 is 1.27 bits per heavy atom. The van der Waals surface area contributed by atoms with Crippen molar-refractivity contribution in [3.8, 4) is 5.75 Å². The molecule has 0 N–H and O–H groups in total. The highest BCUT2D eigenvalue weighted by Gasteiger charge is 2.13. The van der Waals surface area contributed by atoms with E-state index in [1.54, 1.807) is 60.7 Å². The van der Waals surface area contributed by atoms with E-state index in [1.807, 2.05) is 36.4 Å². The van der Waals surface area contributed by atoms with Gasteiger partial charge in [0.1, 0.15) is 18.4 Å². The molecule has 4 rings (SSSR count). The summed E-state index contributed by atoms with van der Waals surface area (Å²) in [6.07, 6.45) is 9.02. The number of benzene rings is 3. The largest absolute Gasteiger partial charge is 0.494 e. The molecule has 0 spiro atoms. The molecule has 0 aliphatic heterocycles. The van der Waals surface area contributed by atoms with Crippen molar-refractivity contribution in [1.29, 1.82) is 0 Å². The minimum Gasteiger partial charge on any atom is -0.494 e. The summed E-state index contributed by atoms with van der Waals surface area (Å²) in [7, 11) is 0. The third-order valence-corrected chi connectivity index (χ3v) is 4.80. The van der Waals surface area contributed by atoms with Gasteiger partial charge in [-0.2, -0.15) is 0 Å². The van der Waals surface area contributed by atoms with Crippen LogP contribution in [0.15, 0.2) is 97.6 Å². The lowest BCUT2D eigenvalue weighted by Gasteiger charge is -2.04. The third kappa shape index (κ3) is 9.73. The van der Waals surface area contributed by atoms with Gasteiger partial charge in [-0.1, -0.05) is 68.0 Å². The van der Waals surface area contributed by atoms with Crippen molar-refractivity contribution in [1.82, 2.24) is 15.0 Å². The molecule has 1 heterocycles. The first-order chi connectivity index (χ1) is 18.2. The van der Waals surface area contributed by atoms with Crippen molar-refractivity contribution < 1.29 is 24.1 Å². The van der Waals surface area contributed by atoms with E-state index in [-0.39, 0.29) is 0 Å². The Labute approximate surface area is 215 Å². The van der Waals surface area contributed by atoms with Crippen LogP contribution in [0.1, 0.15) is 51.9 Å². The highest BCUT2D eigenvalue weighted by atomic mass is 17.2. The molecule has 0 fully saturated rings. The maximum Gasteiger partial charge on any atom is 0.386 e. The van der Waals surface area contributed by atoms with Crippen molar-refractivity contribution in [2.45, 2.75) is 19.8 Å². The second-order valence-electron chi connectivity index (χ2n) is 7.57. The minimum absolute atomic E-state index is 0.318. The molecule has 0 radical (unpaired) electrons. The first-order valence-electron chi connectivity index (χ1n) is 11.7. The molecule has 0 bridgehead atoms. The fraction of sp³-hybridized carbons (Fsp3) is 0.138. The van der Waals surface area contributed by atoms with E-state index in [9.17, 15) is 9.59 Å². The Morgan fingerprint density at radius 1 is 0.730 bits per heavy atom. The van der Waals surface area contributed by atoms with E-state index in [4.69, 9.17) is 4.74 Å². The Bertz CT molecular complexity index is 1200. The van der Waals surface area contributed by atoms with Crippen molar-refractivity contribution >= 4 is 24.1 Å². The highest BCUT2D eigenvalue weighted by molar-refractivity contribution is 5.92. The van der Waals surface area contributed by atoms with Crippen LogP contribution in [0.3, 0.4) is 0 Å². The van der Waals surface area contributed by atoms with E-state index >= 15 is 0 Å². The number of aromatic nitrogens is 3. The summed E-state index contributed by atoms with van der Waals surface area (Å²) in [5.74, 6) is 0.142. The van der Waals surface area contributed by atoms with E-state index < -0.39 is 11.9 Å². The van der Waals surface area contributed by atoms with E-state index in [1.165, 1.54) is 12.7 Å². The molecule has 0 unspecified atom stereocenters. The van der Waals surface area contributed by atoms with Crippen LogP contribution in [0.2, 0.25) is 0 Å². The van der Waals surface area contributed by atoms with Crippen LogP contribution >= 0.6 is 0 Å². The summed E-state index contributed by atoms with van der Waals surface area (Å²) >= 11 is 0. The molecule has 4 aromatic rings. The third-order valence-electron chi connectivity index (χ3n) is 4.80. The van der Waals surface area contributed by atoms with E-state index in [0.717, 1.165) is 30.8 Å². The quantitative estimate of drug-likeness (QED) is 0.170. The molecular weight excluding hydrogens is 470 g/mol. The number of carbonyl (C=O) groups is 2. The zero-order valence-corrected chi connectivity index (χ0v) is 20.4. The predicted molar refractivity (Wildman–Crippen MR) is 139 cm³/mol. The van der Waals surface area contributed by atoms with Crippen LogP contribution in [0.5, 0.6) is 5.75 Å². The summed E-state index contributed by atoms with van der Waals surface area (Å²) in [5, 5.41) is 0. The van der Waals surface area contributed by atoms with Gasteiger partial charge in [0.15, 0.2) is 5.82 Å². The fourth-order valence-electron chi connectivity index (χ4n) is 2.83. The lowest BCUT2D eigenvalue weighted by atomic mass is 10.2. The van der Waals surface area contributed by atoms with Gasteiger partial charge in [-0.05, 0) is 54.5 Å². The molecule has 0 aliphatic rings. The zero-order chi connectivity index (χ0) is 26.1. The lowest BCUT2D eigenvalue weighted by molar-refractivity contribution is -0.187. The number of ether oxygens (including phenoxy) is 1. The van der Waals surface area contributed by atoms with Gasteiger partial charge in [-0.25, -0.2) is 34.3 Å². The molecule has 0 atom stereocenters. The summed E-state index contributed by atoms with van der Waals surface area (Å²) < 4.78 is 5.61. The van der Waals surface area contributed by atoms with Gasteiger partial charge in [-0.15, -0.1) is 0 Å². The first kappa shape index (κ1) is 26.7. The van der Waals surface area contributed by atoms with Gasteiger partial charge in [0.2, 0.25) is 0 Å². The van der Waals surface area contributed by atoms with Gasteiger partial charge in [0, 0.05) is 0 Å². The zero-order valence-electron chi connectivity index (χ0n) is 20.4. The first-order valence-corrected chi connectivity index (χ1v) is 11.7. The topological polar surface area (TPSA) is 100 Å². The van der Waals surface area contributed by atoms with Crippen LogP contribution < -0.4 is 4.74 Å². The van der Waals surface area contributed by atoms with Crippen molar-refractivity contribution in [3.05, 3.63) is 120 Å². The number of unbranched alkanes of at least 4 members (excludes halogenated alkanes) is 1. The second kappa shape index (κ2) is 15.2. The SMILES string of the molecule is CCCCOc1ccc(/C=C/c2ncncn2)cc1.O=C(OOC(=O)c1ccccc1)c1ccccc1. The van der Waals surface area contributed by atoms with Gasteiger partial charge in [0.05, 0.1) is 17.7 Å². The Balaban J connectivity index is 0.000000206. The molecule has 0 aliphatic carbocycles. The second-order valence-corrected chi connectivity index (χ2v) is 7.57. The summed E-state index contributed by atoms with van der Waals surface area (Å²) in [6.45, 7) is 2.93. The van der Waals surface area contributed by atoms with Gasteiger partial charge >= 0.3 is 11.9 Å². The predicted octanol–water partition coefficient (Wildman–Crippen LogP) is 5.84. The number of hydrogen-bond donors (Lipinski definition) is 0. The van der Waals surface area contributed by atoms with Crippen LogP contribution in [0, 0.1) is 0 Å². The van der Waals surface area contributed by atoms with Crippen molar-refractivity contribution in [2.75, 3.05) is 6.61 Å². The average Bonchev–Trinajstić information content (AvgIpc) is 2.97. The van der Waals surface area contributed by atoms with E-state index in [0.29, 0.717) is 17.0 Å². The number of hydrogen-bond acceptors (Lipinski definition) is 8. The summed E-state index contributed by atoms with van der Waals surface area (Å²) in [5.41, 5.74) is 1.72. The standard InChI is InChI=1S/C15H17N3O.C14H10O4/c1-2-3-10-19-14-7-4-13(5-8-14)6-9-15-17-11-16-12-18-15;15-13(11-7-3-1-4-8-11)17-18-14(16)12-9-5-2-6-10-12/h4-9,11-12H,2-3,10H2,1H3;1-10H/b9-6+;. The molecule has 8 nitrogen and oxygen atoms in total. The number of rotatable bonds is 8. The number of nitrogens with zero attached hydrogens (tertiary/aromatic N) is 3. The normalized spacial score (nSPS) is 10.2. The van der Waals surface area contributed by atoms with Gasteiger partial charge in [-0.3, -0.25) is 0 Å². The van der Waals surface area contributed by atoms with Crippen LogP contribution in [0.25, 0.3) is 12.2 Å². The minimum atomic E-state index is -0.708. The molecular formula is C29H27N3O5. The van der Waals surface area contributed by atoms with Crippen LogP contribution in [-0.2, 0) is 9.78 Å². The molecule has 1 aromatic heterocycles. The van der Waals surface area contributed by atoms with Crippen LogP contribution in [0.4, 0.5) is 0 Å². The molecule has 0 saturated heterocycles. The Kier molecular flexibility index (Phi) is 11.0. The van der Waals surface area contributed by atoms with E-state index in [2.05, 4.69) is 31.7 Å². The smallest absolute Gasteiger partial charge is 0.386 e. The molecule has 0 amide bonds. The Hall–Kier alpha value is -4.85. The van der Waals surface area contributed by atoms with Gasteiger partial charge < -0.3 is 4.74 Å². The summed E-state index contributed by atoms with van der Waals surface area (Å²) in [6, 6.07) is 24.5. The van der Waals surface area contributed by atoms with Gasteiger partial charge in [0.25, 0.3) is 0 Å². The monoisotopic (exact) mass is 497 g/mol. The van der Waals surface area contributed by atoms with Crippen molar-refractivity contribution in [3.63, 3.8) is 0 Å². The lowest BCUT2D eigenvalue weighted by Crippen LogP contribution is -2.11.